The van der Waals surface area contributed by atoms with Crippen LogP contribution in [0.2, 0.25) is 0 Å². The Morgan fingerprint density at radius 3 is 2.81 bits per heavy atom. The summed E-state index contributed by atoms with van der Waals surface area (Å²) in [5, 5.41) is 6.74. The zero-order chi connectivity index (χ0) is 10.8. The van der Waals surface area contributed by atoms with Gasteiger partial charge < -0.3 is 15.5 Å². The van der Waals surface area contributed by atoms with Crippen molar-refractivity contribution in [1.29, 1.82) is 0 Å². The zero-order valence-corrected chi connectivity index (χ0v) is 9.32. The molecular weight excluding hydrogens is 202 g/mol. The van der Waals surface area contributed by atoms with Crippen LogP contribution in [-0.2, 0) is 0 Å². The first-order valence-corrected chi connectivity index (χ1v) is 5.96. The molecule has 0 radical (unpaired) electrons. The van der Waals surface area contributed by atoms with E-state index in [1.165, 1.54) is 12.8 Å². The molecule has 0 unspecified atom stereocenters. The second kappa shape index (κ2) is 4.25. The minimum atomic E-state index is 0.644. The Labute approximate surface area is 95.3 Å². The third-order valence-electron chi connectivity index (χ3n) is 3.02. The van der Waals surface area contributed by atoms with Crippen molar-refractivity contribution >= 4 is 11.6 Å². The van der Waals surface area contributed by atoms with Crippen molar-refractivity contribution in [2.24, 2.45) is 0 Å². The van der Waals surface area contributed by atoms with Gasteiger partial charge in [0.25, 0.3) is 0 Å². The van der Waals surface area contributed by atoms with Crippen LogP contribution in [-0.4, -0.2) is 42.2 Å². The Hall–Kier alpha value is -1.36. The Balaban J connectivity index is 1.72. The fraction of sp³-hybridized carbons (Fsp3) is 0.636. The van der Waals surface area contributed by atoms with E-state index in [0.717, 1.165) is 37.8 Å². The third kappa shape index (κ3) is 2.24. The lowest BCUT2D eigenvalue weighted by molar-refractivity contribution is 0.584. The molecule has 5 heteroatoms. The number of piperazine rings is 1. The van der Waals surface area contributed by atoms with Gasteiger partial charge in [0.2, 0.25) is 0 Å². The van der Waals surface area contributed by atoms with E-state index in [4.69, 9.17) is 0 Å². The quantitative estimate of drug-likeness (QED) is 0.773. The summed E-state index contributed by atoms with van der Waals surface area (Å²) in [5.41, 5.74) is 0. The van der Waals surface area contributed by atoms with Crippen LogP contribution in [0.1, 0.15) is 12.8 Å². The average Bonchev–Trinajstić information content (AvgIpc) is 3.15. The molecule has 1 saturated heterocycles. The van der Waals surface area contributed by atoms with Gasteiger partial charge in [0.1, 0.15) is 18.0 Å². The van der Waals surface area contributed by atoms with Crippen molar-refractivity contribution in [3.05, 3.63) is 12.4 Å². The Bertz CT molecular complexity index is 357. The summed E-state index contributed by atoms with van der Waals surface area (Å²) in [6.45, 7) is 4.13. The molecule has 0 amide bonds. The molecular formula is C11H17N5. The second-order valence-electron chi connectivity index (χ2n) is 4.42. The molecule has 3 rings (SSSR count). The molecule has 1 aromatic heterocycles. The highest BCUT2D eigenvalue weighted by molar-refractivity contribution is 5.49. The number of rotatable bonds is 3. The number of nitrogens with zero attached hydrogens (tertiary/aromatic N) is 3. The lowest BCUT2D eigenvalue weighted by Crippen LogP contribution is -2.43. The van der Waals surface area contributed by atoms with Gasteiger partial charge >= 0.3 is 0 Å². The molecule has 5 nitrogen and oxygen atoms in total. The van der Waals surface area contributed by atoms with Gasteiger partial charge in [0.05, 0.1) is 0 Å². The van der Waals surface area contributed by atoms with E-state index < -0.39 is 0 Å². The first-order valence-electron chi connectivity index (χ1n) is 5.96. The van der Waals surface area contributed by atoms with E-state index in [1.807, 2.05) is 0 Å². The predicted molar refractivity (Wildman–Crippen MR) is 63.8 cm³/mol. The molecule has 2 aliphatic rings. The van der Waals surface area contributed by atoms with Gasteiger partial charge in [-0.1, -0.05) is 0 Å². The fourth-order valence-corrected chi connectivity index (χ4v) is 1.93. The first-order chi connectivity index (χ1) is 7.92. The molecule has 0 spiro atoms. The van der Waals surface area contributed by atoms with E-state index in [0.29, 0.717) is 6.04 Å². The molecule has 1 saturated carbocycles. The van der Waals surface area contributed by atoms with Crippen molar-refractivity contribution in [3.8, 4) is 0 Å². The van der Waals surface area contributed by atoms with Crippen LogP contribution < -0.4 is 15.5 Å². The molecule has 86 valence electrons. The number of hydrogen-bond acceptors (Lipinski definition) is 5. The van der Waals surface area contributed by atoms with Gasteiger partial charge in [-0.15, -0.1) is 0 Å². The number of aromatic nitrogens is 2. The van der Waals surface area contributed by atoms with Gasteiger partial charge in [0.15, 0.2) is 0 Å². The zero-order valence-electron chi connectivity index (χ0n) is 9.32. The number of hydrogen-bond donors (Lipinski definition) is 2. The van der Waals surface area contributed by atoms with Crippen molar-refractivity contribution in [2.75, 3.05) is 36.4 Å². The molecule has 0 bridgehead atoms. The molecule has 16 heavy (non-hydrogen) atoms. The highest BCUT2D eigenvalue weighted by Crippen LogP contribution is 2.24. The number of nitrogens with one attached hydrogen (secondary N) is 2. The Morgan fingerprint density at radius 1 is 1.25 bits per heavy atom. The van der Waals surface area contributed by atoms with Crippen LogP contribution in [0.25, 0.3) is 0 Å². The highest BCUT2D eigenvalue weighted by atomic mass is 15.2. The summed E-state index contributed by atoms with van der Waals surface area (Å²) in [4.78, 5) is 10.9. The normalized spacial score (nSPS) is 20.9. The SMILES string of the molecule is c1nc(NC2CC2)cc(N2CCNCC2)n1. The van der Waals surface area contributed by atoms with Gasteiger partial charge in [-0.05, 0) is 12.8 Å². The van der Waals surface area contributed by atoms with Crippen molar-refractivity contribution in [1.82, 2.24) is 15.3 Å². The molecule has 0 atom stereocenters. The largest absolute Gasteiger partial charge is 0.367 e. The van der Waals surface area contributed by atoms with E-state index in [-0.39, 0.29) is 0 Å². The predicted octanol–water partition coefficient (Wildman–Crippen LogP) is 0.460. The lowest BCUT2D eigenvalue weighted by atomic mass is 10.3. The summed E-state index contributed by atoms with van der Waals surface area (Å²) in [7, 11) is 0. The number of anilines is 2. The van der Waals surface area contributed by atoms with Gasteiger partial charge in [-0.2, -0.15) is 0 Å². The molecule has 2 heterocycles. The minimum Gasteiger partial charge on any atom is -0.367 e. The van der Waals surface area contributed by atoms with Gasteiger partial charge in [-0.25, -0.2) is 9.97 Å². The summed E-state index contributed by atoms with van der Waals surface area (Å²) < 4.78 is 0. The monoisotopic (exact) mass is 219 g/mol. The molecule has 1 aliphatic carbocycles. The van der Waals surface area contributed by atoms with E-state index in [2.05, 4.69) is 31.6 Å². The maximum absolute atomic E-state index is 4.34. The maximum Gasteiger partial charge on any atom is 0.134 e. The average molecular weight is 219 g/mol. The van der Waals surface area contributed by atoms with Crippen molar-refractivity contribution in [2.45, 2.75) is 18.9 Å². The topological polar surface area (TPSA) is 53.1 Å². The lowest BCUT2D eigenvalue weighted by Gasteiger charge is -2.28. The van der Waals surface area contributed by atoms with Crippen LogP contribution in [0.3, 0.4) is 0 Å². The molecule has 1 aromatic rings. The van der Waals surface area contributed by atoms with E-state index in [1.54, 1.807) is 6.33 Å². The van der Waals surface area contributed by atoms with Crippen LogP contribution >= 0.6 is 0 Å². The minimum absolute atomic E-state index is 0.644. The van der Waals surface area contributed by atoms with Crippen molar-refractivity contribution < 1.29 is 0 Å². The summed E-state index contributed by atoms with van der Waals surface area (Å²) in [6.07, 6.45) is 4.20. The molecule has 2 fully saturated rings. The molecule has 1 aliphatic heterocycles. The highest BCUT2D eigenvalue weighted by Gasteiger charge is 2.21. The molecule has 2 N–H and O–H groups in total. The Kier molecular flexibility index (Phi) is 2.61. The van der Waals surface area contributed by atoms with Gasteiger partial charge in [-0.3, -0.25) is 0 Å². The van der Waals surface area contributed by atoms with E-state index in [9.17, 15) is 0 Å². The standard InChI is InChI=1S/C11H17N5/c1-2-9(1)15-10-7-11(14-8-13-10)16-5-3-12-4-6-16/h7-9,12H,1-6H2,(H,13,14,15). The van der Waals surface area contributed by atoms with Crippen LogP contribution in [0.4, 0.5) is 11.6 Å². The third-order valence-corrected chi connectivity index (χ3v) is 3.02. The van der Waals surface area contributed by atoms with E-state index >= 15 is 0 Å². The maximum atomic E-state index is 4.34. The van der Waals surface area contributed by atoms with Crippen molar-refractivity contribution in [3.63, 3.8) is 0 Å². The summed E-state index contributed by atoms with van der Waals surface area (Å²) >= 11 is 0. The second-order valence-corrected chi connectivity index (χ2v) is 4.42. The molecule has 0 aromatic carbocycles. The first kappa shape index (κ1) is 9.84. The van der Waals surface area contributed by atoms with Crippen LogP contribution in [0.5, 0.6) is 0 Å². The Morgan fingerprint density at radius 2 is 2.06 bits per heavy atom. The fourth-order valence-electron chi connectivity index (χ4n) is 1.93. The van der Waals surface area contributed by atoms with Crippen LogP contribution in [0.15, 0.2) is 12.4 Å². The van der Waals surface area contributed by atoms with Crippen LogP contribution in [0, 0.1) is 0 Å². The summed E-state index contributed by atoms with van der Waals surface area (Å²) in [6, 6.07) is 2.70. The van der Waals surface area contributed by atoms with Gasteiger partial charge in [0, 0.05) is 38.3 Å². The summed E-state index contributed by atoms with van der Waals surface area (Å²) in [5.74, 6) is 2.01. The smallest absolute Gasteiger partial charge is 0.134 e.